The predicted octanol–water partition coefficient (Wildman–Crippen LogP) is 2.12. The van der Waals surface area contributed by atoms with Gasteiger partial charge in [0.25, 0.3) is 11.5 Å². The summed E-state index contributed by atoms with van der Waals surface area (Å²) in [5.74, 6) is -0.843. The molecule has 3 rings (SSSR count). The lowest BCUT2D eigenvalue weighted by molar-refractivity contribution is 0.0910. The molecule has 1 aliphatic carbocycles. The highest BCUT2D eigenvalue weighted by Gasteiger charge is 2.32. The number of fused-ring (bicyclic) bond motifs is 1. The van der Waals surface area contributed by atoms with Gasteiger partial charge in [-0.1, -0.05) is 32.0 Å². The van der Waals surface area contributed by atoms with Gasteiger partial charge in [0.15, 0.2) is 15.6 Å². The van der Waals surface area contributed by atoms with Gasteiger partial charge in [0.05, 0.1) is 10.6 Å². The van der Waals surface area contributed by atoms with E-state index in [9.17, 15) is 22.8 Å². The van der Waals surface area contributed by atoms with Gasteiger partial charge in [0.1, 0.15) is 5.56 Å². The Kier molecular flexibility index (Phi) is 5.75. The molecule has 1 amide bonds. The van der Waals surface area contributed by atoms with Gasteiger partial charge in [-0.2, -0.15) is 0 Å². The quantitative estimate of drug-likeness (QED) is 0.701. The molecule has 0 unspecified atom stereocenters. The van der Waals surface area contributed by atoms with E-state index in [0.717, 1.165) is 0 Å². The summed E-state index contributed by atoms with van der Waals surface area (Å²) in [6.07, 6.45) is 1.12. The topological polar surface area (TPSA) is 113 Å². The second kappa shape index (κ2) is 7.94. The van der Waals surface area contributed by atoms with E-state index in [0.29, 0.717) is 24.1 Å². The maximum atomic E-state index is 12.4. The molecule has 0 saturated heterocycles. The number of benzene rings is 1. The molecule has 1 aliphatic rings. The van der Waals surface area contributed by atoms with E-state index in [4.69, 9.17) is 0 Å². The van der Waals surface area contributed by atoms with Gasteiger partial charge in [-0.25, -0.2) is 8.42 Å². The van der Waals surface area contributed by atoms with Crippen LogP contribution < -0.4 is 10.9 Å². The lowest BCUT2D eigenvalue weighted by Gasteiger charge is -2.29. The monoisotopic (exact) mass is 416 g/mol. The van der Waals surface area contributed by atoms with Crippen LogP contribution in [0.15, 0.2) is 46.1 Å². The number of aromatic amines is 1. The number of rotatable bonds is 6. The Morgan fingerprint density at radius 1 is 1.14 bits per heavy atom. The number of Topliss-reactive ketones (excluding diaryl/α,β-unsaturated/α-hetero) is 1. The van der Waals surface area contributed by atoms with Gasteiger partial charge >= 0.3 is 0 Å². The van der Waals surface area contributed by atoms with Crippen LogP contribution in [0, 0.1) is 5.41 Å². The predicted molar refractivity (Wildman–Crippen MR) is 109 cm³/mol. The summed E-state index contributed by atoms with van der Waals surface area (Å²) in [6.45, 7) is 4.01. The Bertz CT molecular complexity index is 1100. The Labute approximate surface area is 169 Å². The maximum absolute atomic E-state index is 12.4. The number of sulfone groups is 1. The van der Waals surface area contributed by atoms with Crippen LogP contribution in [0.3, 0.4) is 0 Å². The first-order valence-corrected chi connectivity index (χ1v) is 11.1. The number of ketones is 1. The Hall–Kier alpha value is -2.74. The third-order valence-corrected chi connectivity index (χ3v) is 6.76. The lowest BCUT2D eigenvalue weighted by atomic mass is 9.75. The molecule has 0 spiro atoms. The van der Waals surface area contributed by atoms with E-state index in [2.05, 4.69) is 10.3 Å². The molecule has 0 aliphatic heterocycles. The fourth-order valence-electron chi connectivity index (χ4n) is 3.50. The number of aromatic nitrogens is 1. The zero-order valence-electron chi connectivity index (χ0n) is 16.4. The fraction of sp³-hybridized carbons (Fsp3) is 0.381. The van der Waals surface area contributed by atoms with Crippen LogP contribution in [0.4, 0.5) is 0 Å². The van der Waals surface area contributed by atoms with Crippen molar-refractivity contribution < 1.29 is 18.0 Å². The molecule has 0 bridgehead atoms. The first-order valence-electron chi connectivity index (χ1n) is 9.44. The number of carbonyl (C=O) groups is 2. The largest absolute Gasteiger partial charge is 0.352 e. The van der Waals surface area contributed by atoms with Gasteiger partial charge in [-0.05, 0) is 36.5 Å². The summed E-state index contributed by atoms with van der Waals surface area (Å²) in [6, 6.07) is 9.44. The van der Waals surface area contributed by atoms with Crippen LogP contribution in [0.5, 0.6) is 0 Å². The van der Waals surface area contributed by atoms with Crippen LogP contribution in [0.25, 0.3) is 0 Å². The van der Waals surface area contributed by atoms with E-state index >= 15 is 0 Å². The Morgan fingerprint density at radius 3 is 2.52 bits per heavy atom. The standard InChI is InChI=1S/C21H24N2O5S/c1-21(2)12-17-15(18(24)13-21)11-16(20(26)23-17)19(25)22-9-6-10-29(27,28)14-7-4-3-5-8-14/h3-5,7-8,11H,6,9-10,12-13H2,1-2H3,(H,22,25)(H,23,26). The summed E-state index contributed by atoms with van der Waals surface area (Å²) >= 11 is 0. The van der Waals surface area contributed by atoms with Crippen molar-refractivity contribution in [2.45, 2.75) is 38.0 Å². The normalized spacial score (nSPS) is 15.6. The molecule has 29 heavy (non-hydrogen) atoms. The number of hydrogen-bond donors (Lipinski definition) is 2. The van der Waals surface area contributed by atoms with Crippen molar-refractivity contribution in [2.24, 2.45) is 5.41 Å². The Balaban J connectivity index is 1.64. The van der Waals surface area contributed by atoms with Crippen LogP contribution in [-0.2, 0) is 16.3 Å². The highest BCUT2D eigenvalue weighted by molar-refractivity contribution is 7.91. The first-order chi connectivity index (χ1) is 13.6. The van der Waals surface area contributed by atoms with Crippen molar-refractivity contribution in [1.82, 2.24) is 10.3 Å². The molecule has 0 saturated carbocycles. The lowest BCUT2D eigenvalue weighted by Crippen LogP contribution is -2.35. The zero-order chi connectivity index (χ0) is 21.2. The summed E-state index contributed by atoms with van der Waals surface area (Å²) in [5.41, 5.74) is 0.00924. The van der Waals surface area contributed by atoms with Crippen LogP contribution in [0.1, 0.15) is 53.1 Å². The minimum Gasteiger partial charge on any atom is -0.352 e. The molecule has 8 heteroatoms. The molecule has 1 aromatic heterocycles. The molecule has 0 radical (unpaired) electrons. The third kappa shape index (κ3) is 4.82. The molecule has 0 atom stereocenters. The van der Waals surface area contributed by atoms with Crippen molar-refractivity contribution >= 4 is 21.5 Å². The van der Waals surface area contributed by atoms with Gasteiger partial charge in [0.2, 0.25) is 0 Å². The highest BCUT2D eigenvalue weighted by Crippen LogP contribution is 2.33. The summed E-state index contributed by atoms with van der Waals surface area (Å²) in [4.78, 5) is 40.0. The molecular weight excluding hydrogens is 392 g/mol. The van der Waals surface area contributed by atoms with E-state index < -0.39 is 21.3 Å². The molecule has 0 fully saturated rings. The van der Waals surface area contributed by atoms with Crippen LogP contribution in [-0.4, -0.2) is 37.4 Å². The SMILES string of the molecule is CC1(C)CC(=O)c2cc(C(=O)NCCCS(=O)(=O)c3ccccc3)c(=O)[nH]c2C1. The van der Waals surface area contributed by atoms with Gasteiger partial charge in [-0.15, -0.1) is 0 Å². The average Bonchev–Trinajstić information content (AvgIpc) is 2.64. The molecule has 154 valence electrons. The van der Waals surface area contributed by atoms with Crippen LogP contribution in [0.2, 0.25) is 0 Å². The zero-order valence-corrected chi connectivity index (χ0v) is 17.3. The second-order valence-electron chi connectivity index (χ2n) is 8.09. The first kappa shape index (κ1) is 21.0. The number of carbonyl (C=O) groups excluding carboxylic acids is 2. The van der Waals surface area contributed by atoms with Gasteiger partial charge in [0, 0.05) is 24.2 Å². The van der Waals surface area contributed by atoms with Crippen molar-refractivity contribution in [3.8, 4) is 0 Å². The van der Waals surface area contributed by atoms with Gasteiger partial charge < -0.3 is 10.3 Å². The maximum Gasteiger partial charge on any atom is 0.261 e. The van der Waals surface area contributed by atoms with Gasteiger partial charge in [-0.3, -0.25) is 14.4 Å². The average molecular weight is 416 g/mol. The van der Waals surface area contributed by atoms with E-state index in [1.54, 1.807) is 18.2 Å². The molecular formula is C21H24N2O5S. The van der Waals surface area contributed by atoms with Crippen molar-refractivity contribution in [2.75, 3.05) is 12.3 Å². The second-order valence-corrected chi connectivity index (χ2v) is 10.2. The van der Waals surface area contributed by atoms with Crippen LogP contribution >= 0.6 is 0 Å². The fourth-order valence-corrected chi connectivity index (χ4v) is 4.83. The Morgan fingerprint density at radius 2 is 1.83 bits per heavy atom. The molecule has 1 aromatic carbocycles. The molecule has 1 heterocycles. The van der Waals surface area contributed by atoms with Crippen molar-refractivity contribution in [3.05, 3.63) is 63.6 Å². The summed E-state index contributed by atoms with van der Waals surface area (Å²) < 4.78 is 24.5. The van der Waals surface area contributed by atoms with E-state index in [1.165, 1.54) is 18.2 Å². The number of hydrogen-bond acceptors (Lipinski definition) is 5. The number of H-pyrrole nitrogens is 1. The number of nitrogens with one attached hydrogen (secondary N) is 2. The molecule has 7 nitrogen and oxygen atoms in total. The third-order valence-electron chi connectivity index (χ3n) is 4.94. The summed E-state index contributed by atoms with van der Waals surface area (Å²) in [7, 11) is -3.43. The molecule has 2 aromatic rings. The van der Waals surface area contributed by atoms with Crippen molar-refractivity contribution in [3.63, 3.8) is 0 Å². The summed E-state index contributed by atoms with van der Waals surface area (Å²) in [5, 5.41) is 2.57. The smallest absolute Gasteiger partial charge is 0.261 e. The number of pyridine rings is 1. The highest BCUT2D eigenvalue weighted by atomic mass is 32.2. The number of amides is 1. The van der Waals surface area contributed by atoms with E-state index in [-0.39, 0.29) is 40.4 Å². The minimum absolute atomic E-state index is 0.0996. The van der Waals surface area contributed by atoms with E-state index in [1.807, 2.05) is 13.8 Å². The van der Waals surface area contributed by atoms with Crippen molar-refractivity contribution in [1.29, 1.82) is 0 Å². The molecule has 2 N–H and O–H groups in total. The minimum atomic E-state index is -3.43.